The van der Waals surface area contributed by atoms with Crippen LogP contribution in [0.15, 0.2) is 48.5 Å². The average molecular weight is 279 g/mol. The molecule has 0 saturated heterocycles. The first kappa shape index (κ1) is 13.4. The molecule has 3 aromatic rings. The summed E-state index contributed by atoms with van der Waals surface area (Å²) in [5.74, 6) is -0.868. The van der Waals surface area contributed by atoms with Crippen molar-refractivity contribution in [1.82, 2.24) is 4.57 Å². The lowest BCUT2D eigenvalue weighted by Crippen LogP contribution is -2.05. The molecule has 1 aromatic heterocycles. The third-order valence-electron chi connectivity index (χ3n) is 4.03. The van der Waals surface area contributed by atoms with Crippen molar-refractivity contribution in [3.05, 3.63) is 70.9 Å². The fourth-order valence-corrected chi connectivity index (χ4v) is 2.86. The summed E-state index contributed by atoms with van der Waals surface area (Å²) < 4.78 is 2.08. The number of carbonyl (C=O) groups is 1. The molecule has 2 aromatic carbocycles. The van der Waals surface area contributed by atoms with E-state index in [9.17, 15) is 9.90 Å². The van der Waals surface area contributed by atoms with Gasteiger partial charge in [-0.25, -0.2) is 4.79 Å². The van der Waals surface area contributed by atoms with E-state index < -0.39 is 5.97 Å². The van der Waals surface area contributed by atoms with E-state index in [4.69, 9.17) is 0 Å². The highest BCUT2D eigenvalue weighted by atomic mass is 16.4. The summed E-state index contributed by atoms with van der Waals surface area (Å²) in [4.78, 5) is 11.6. The smallest absolute Gasteiger partial charge is 0.338 e. The van der Waals surface area contributed by atoms with Crippen molar-refractivity contribution in [3.8, 4) is 0 Å². The van der Waals surface area contributed by atoms with Crippen LogP contribution in [0, 0.1) is 13.8 Å². The van der Waals surface area contributed by atoms with Crippen LogP contribution in [0.1, 0.15) is 27.2 Å². The van der Waals surface area contributed by atoms with Crippen LogP contribution in [0.5, 0.6) is 0 Å². The molecule has 0 aliphatic heterocycles. The average Bonchev–Trinajstić information content (AvgIpc) is 2.74. The van der Waals surface area contributed by atoms with Gasteiger partial charge in [-0.05, 0) is 31.0 Å². The van der Waals surface area contributed by atoms with Crippen LogP contribution in [0.4, 0.5) is 0 Å². The number of benzene rings is 2. The number of nitrogens with zero attached hydrogens (tertiary/aromatic N) is 1. The predicted molar refractivity (Wildman–Crippen MR) is 83.9 cm³/mol. The van der Waals surface area contributed by atoms with Crippen LogP contribution in [-0.4, -0.2) is 15.6 Å². The Morgan fingerprint density at radius 3 is 2.43 bits per heavy atom. The Kier molecular flexibility index (Phi) is 3.26. The van der Waals surface area contributed by atoms with Gasteiger partial charge in [0.15, 0.2) is 0 Å². The fraction of sp³-hybridized carbons (Fsp3) is 0.167. The van der Waals surface area contributed by atoms with Crippen LogP contribution < -0.4 is 0 Å². The maximum Gasteiger partial charge on any atom is 0.338 e. The van der Waals surface area contributed by atoms with E-state index in [1.54, 1.807) is 0 Å². The number of aromatic carboxylic acids is 1. The summed E-state index contributed by atoms with van der Waals surface area (Å²) in [5.41, 5.74) is 4.59. The fourth-order valence-electron chi connectivity index (χ4n) is 2.86. The minimum absolute atomic E-state index is 0.402. The predicted octanol–water partition coefficient (Wildman–Crippen LogP) is 4.00. The molecule has 1 heterocycles. The van der Waals surface area contributed by atoms with Crippen molar-refractivity contribution < 1.29 is 9.90 Å². The minimum atomic E-state index is -0.868. The third kappa shape index (κ3) is 2.21. The SMILES string of the molecule is Cc1ccccc1Cn1c(C)c(C(=O)O)c2ccccc21. The molecule has 3 heteroatoms. The van der Waals surface area contributed by atoms with Crippen LogP contribution in [0.2, 0.25) is 0 Å². The summed E-state index contributed by atoms with van der Waals surface area (Å²) in [6, 6.07) is 15.9. The van der Waals surface area contributed by atoms with E-state index >= 15 is 0 Å². The van der Waals surface area contributed by atoms with Gasteiger partial charge in [0.25, 0.3) is 0 Å². The van der Waals surface area contributed by atoms with Crippen LogP contribution in [-0.2, 0) is 6.54 Å². The van der Waals surface area contributed by atoms with E-state index in [1.165, 1.54) is 11.1 Å². The largest absolute Gasteiger partial charge is 0.478 e. The summed E-state index contributed by atoms with van der Waals surface area (Å²) in [7, 11) is 0. The molecule has 3 rings (SSSR count). The van der Waals surface area contributed by atoms with E-state index in [-0.39, 0.29) is 0 Å². The highest BCUT2D eigenvalue weighted by Crippen LogP contribution is 2.27. The lowest BCUT2D eigenvalue weighted by atomic mass is 10.1. The zero-order valence-electron chi connectivity index (χ0n) is 12.1. The second kappa shape index (κ2) is 5.09. The van der Waals surface area contributed by atoms with Gasteiger partial charge in [-0.15, -0.1) is 0 Å². The number of carboxylic acid groups (broad SMARTS) is 1. The first-order valence-electron chi connectivity index (χ1n) is 6.95. The van der Waals surface area contributed by atoms with Crippen LogP contribution >= 0.6 is 0 Å². The van der Waals surface area contributed by atoms with Crippen molar-refractivity contribution in [2.45, 2.75) is 20.4 Å². The van der Waals surface area contributed by atoms with Crippen LogP contribution in [0.3, 0.4) is 0 Å². The van der Waals surface area contributed by atoms with Crippen molar-refractivity contribution in [1.29, 1.82) is 0 Å². The number of rotatable bonds is 3. The van der Waals surface area contributed by atoms with E-state index in [0.717, 1.165) is 16.6 Å². The Bertz CT molecular complexity index is 830. The molecular formula is C18H17NO2. The number of aromatic nitrogens is 1. The van der Waals surface area contributed by atoms with Gasteiger partial charge in [-0.2, -0.15) is 0 Å². The molecule has 0 bridgehead atoms. The first-order chi connectivity index (χ1) is 10.1. The van der Waals surface area contributed by atoms with Gasteiger partial charge in [0.05, 0.1) is 5.56 Å². The normalized spacial score (nSPS) is 11.0. The van der Waals surface area contributed by atoms with Crippen molar-refractivity contribution >= 4 is 16.9 Å². The minimum Gasteiger partial charge on any atom is -0.478 e. The molecule has 0 radical (unpaired) electrons. The molecule has 21 heavy (non-hydrogen) atoms. The Labute approximate surface area is 123 Å². The zero-order valence-corrected chi connectivity index (χ0v) is 12.1. The number of hydrogen-bond acceptors (Lipinski definition) is 1. The number of para-hydroxylation sites is 1. The Hall–Kier alpha value is -2.55. The standard InChI is InChI=1S/C18H17NO2/c1-12-7-3-4-8-14(12)11-19-13(2)17(18(20)21)15-9-5-6-10-16(15)19/h3-10H,11H2,1-2H3,(H,20,21). The highest BCUT2D eigenvalue weighted by Gasteiger charge is 2.19. The molecule has 1 N–H and O–H groups in total. The molecule has 0 aliphatic rings. The molecular weight excluding hydrogens is 262 g/mol. The second-order valence-electron chi connectivity index (χ2n) is 5.30. The molecule has 0 amide bonds. The summed E-state index contributed by atoms with van der Waals surface area (Å²) in [5, 5.41) is 10.3. The molecule has 0 aliphatic carbocycles. The van der Waals surface area contributed by atoms with Crippen molar-refractivity contribution in [3.63, 3.8) is 0 Å². The number of carboxylic acids is 1. The summed E-state index contributed by atoms with van der Waals surface area (Å²) in [6.45, 7) is 4.64. The first-order valence-corrected chi connectivity index (χ1v) is 6.95. The highest BCUT2D eigenvalue weighted by molar-refractivity contribution is 6.05. The van der Waals surface area contributed by atoms with Gasteiger partial charge >= 0.3 is 5.97 Å². The molecule has 0 atom stereocenters. The Balaban J connectivity index is 2.21. The molecule has 106 valence electrons. The van der Waals surface area contributed by atoms with Crippen molar-refractivity contribution in [2.75, 3.05) is 0 Å². The second-order valence-corrected chi connectivity index (χ2v) is 5.30. The molecule has 3 nitrogen and oxygen atoms in total. The van der Waals surface area contributed by atoms with Gasteiger partial charge in [-0.1, -0.05) is 42.5 Å². The van der Waals surface area contributed by atoms with Gasteiger partial charge in [0.1, 0.15) is 0 Å². The molecule has 0 unspecified atom stereocenters. The van der Waals surface area contributed by atoms with E-state index in [0.29, 0.717) is 12.1 Å². The van der Waals surface area contributed by atoms with Gasteiger partial charge in [0, 0.05) is 23.1 Å². The third-order valence-corrected chi connectivity index (χ3v) is 4.03. The quantitative estimate of drug-likeness (QED) is 0.787. The van der Waals surface area contributed by atoms with E-state index in [2.05, 4.69) is 23.6 Å². The number of hydrogen-bond donors (Lipinski definition) is 1. The topological polar surface area (TPSA) is 42.2 Å². The Morgan fingerprint density at radius 2 is 1.71 bits per heavy atom. The van der Waals surface area contributed by atoms with Gasteiger partial charge in [-0.3, -0.25) is 0 Å². The monoisotopic (exact) mass is 279 g/mol. The van der Waals surface area contributed by atoms with E-state index in [1.807, 2.05) is 43.3 Å². The molecule has 0 spiro atoms. The maximum absolute atomic E-state index is 11.6. The summed E-state index contributed by atoms with van der Waals surface area (Å²) >= 11 is 0. The lowest BCUT2D eigenvalue weighted by Gasteiger charge is -2.11. The van der Waals surface area contributed by atoms with Crippen LogP contribution in [0.25, 0.3) is 10.9 Å². The summed E-state index contributed by atoms with van der Waals surface area (Å²) in [6.07, 6.45) is 0. The maximum atomic E-state index is 11.6. The lowest BCUT2D eigenvalue weighted by molar-refractivity contribution is 0.0698. The number of aryl methyl sites for hydroxylation is 1. The van der Waals surface area contributed by atoms with Crippen molar-refractivity contribution in [2.24, 2.45) is 0 Å². The Morgan fingerprint density at radius 1 is 1.05 bits per heavy atom. The molecule has 0 saturated carbocycles. The zero-order chi connectivity index (χ0) is 15.0. The van der Waals surface area contributed by atoms with Gasteiger partial charge < -0.3 is 9.67 Å². The van der Waals surface area contributed by atoms with Gasteiger partial charge in [0.2, 0.25) is 0 Å². The molecule has 0 fully saturated rings. The number of fused-ring (bicyclic) bond motifs is 1.